The first-order chi connectivity index (χ1) is 10.6. The Balaban J connectivity index is 2.00. The number of nitrogens with zero attached hydrogens (tertiary/aromatic N) is 1. The maximum atomic E-state index is 13.2. The lowest BCUT2D eigenvalue weighted by atomic mass is 9.59. The van der Waals surface area contributed by atoms with Gasteiger partial charge in [-0.2, -0.15) is 0 Å². The van der Waals surface area contributed by atoms with Crippen molar-refractivity contribution in [3.8, 4) is 0 Å². The van der Waals surface area contributed by atoms with Crippen molar-refractivity contribution in [1.29, 1.82) is 0 Å². The standard InChI is InChI=1S/C18H21Cl2NO2/c1-11-7-17(2,3)10-18(8-11)9-15(22)21(16(18)23)14-5-12(19)4-13(20)6-14/h4-6,11H,7-10H2,1-3H3/t11-,18+/m1/s1. The summed E-state index contributed by atoms with van der Waals surface area (Å²) in [5, 5.41) is 0.845. The number of carbonyl (C=O) groups excluding carboxylic acids is 2. The summed E-state index contributed by atoms with van der Waals surface area (Å²) in [6.07, 6.45) is 2.88. The number of imide groups is 1. The Morgan fingerprint density at radius 3 is 2.26 bits per heavy atom. The molecule has 3 rings (SSSR count). The fourth-order valence-corrected chi connectivity index (χ4v) is 5.28. The van der Waals surface area contributed by atoms with Gasteiger partial charge in [-0.05, 0) is 48.8 Å². The van der Waals surface area contributed by atoms with Gasteiger partial charge in [0.05, 0.1) is 11.1 Å². The van der Waals surface area contributed by atoms with Gasteiger partial charge in [-0.1, -0.05) is 44.0 Å². The van der Waals surface area contributed by atoms with Crippen molar-refractivity contribution in [2.45, 2.75) is 46.5 Å². The summed E-state index contributed by atoms with van der Waals surface area (Å²) in [4.78, 5) is 27.1. The van der Waals surface area contributed by atoms with Gasteiger partial charge in [-0.3, -0.25) is 9.59 Å². The number of hydrogen-bond acceptors (Lipinski definition) is 2. The minimum absolute atomic E-state index is 0.0651. The van der Waals surface area contributed by atoms with Gasteiger partial charge in [-0.25, -0.2) is 4.90 Å². The minimum atomic E-state index is -0.576. The van der Waals surface area contributed by atoms with Gasteiger partial charge in [0.2, 0.25) is 11.8 Å². The Kier molecular flexibility index (Phi) is 4.01. The maximum absolute atomic E-state index is 13.2. The molecule has 2 amide bonds. The van der Waals surface area contributed by atoms with E-state index in [1.165, 1.54) is 4.90 Å². The Bertz CT molecular complexity index is 665. The topological polar surface area (TPSA) is 37.4 Å². The molecule has 1 saturated carbocycles. The van der Waals surface area contributed by atoms with E-state index in [2.05, 4.69) is 20.8 Å². The molecule has 3 nitrogen and oxygen atoms in total. The molecule has 0 aromatic heterocycles. The van der Waals surface area contributed by atoms with E-state index in [-0.39, 0.29) is 23.7 Å². The molecule has 2 atom stereocenters. The van der Waals surface area contributed by atoms with E-state index in [1.54, 1.807) is 18.2 Å². The third-order valence-corrected chi connectivity index (χ3v) is 5.39. The van der Waals surface area contributed by atoms with Crippen LogP contribution in [0.3, 0.4) is 0 Å². The van der Waals surface area contributed by atoms with Crippen LogP contribution in [0, 0.1) is 16.7 Å². The maximum Gasteiger partial charge on any atom is 0.240 e. The van der Waals surface area contributed by atoms with Crippen LogP contribution in [-0.2, 0) is 9.59 Å². The fraction of sp³-hybridized carbons (Fsp3) is 0.556. The van der Waals surface area contributed by atoms with Gasteiger partial charge in [0.1, 0.15) is 0 Å². The number of anilines is 1. The molecule has 1 saturated heterocycles. The summed E-state index contributed by atoms with van der Waals surface area (Å²) in [5.74, 6) is 0.178. The van der Waals surface area contributed by atoms with E-state index in [4.69, 9.17) is 23.2 Å². The van der Waals surface area contributed by atoms with Gasteiger partial charge in [0.15, 0.2) is 0 Å². The number of amides is 2. The van der Waals surface area contributed by atoms with Crippen molar-refractivity contribution in [3.63, 3.8) is 0 Å². The lowest BCUT2D eigenvalue weighted by Gasteiger charge is -2.44. The van der Waals surface area contributed by atoms with Gasteiger partial charge in [0, 0.05) is 16.5 Å². The average Bonchev–Trinajstić information content (AvgIpc) is 2.55. The predicted octanol–water partition coefficient (Wildman–Crippen LogP) is 5.09. The normalized spacial score (nSPS) is 30.3. The molecule has 1 spiro atoms. The van der Waals surface area contributed by atoms with E-state index in [0.29, 0.717) is 21.7 Å². The van der Waals surface area contributed by atoms with Crippen LogP contribution < -0.4 is 4.90 Å². The van der Waals surface area contributed by atoms with Crippen LogP contribution in [0.15, 0.2) is 18.2 Å². The highest BCUT2D eigenvalue weighted by Gasteiger charge is 2.56. The molecule has 23 heavy (non-hydrogen) atoms. The number of rotatable bonds is 1. The SMILES string of the molecule is C[C@@H]1CC(C)(C)C[C@@]2(CC(=O)N(c3cc(Cl)cc(Cl)c3)C2=O)C1. The van der Waals surface area contributed by atoms with Crippen LogP contribution in [-0.4, -0.2) is 11.8 Å². The summed E-state index contributed by atoms with van der Waals surface area (Å²) in [5.41, 5.74) is -0.0340. The molecule has 0 bridgehead atoms. The first-order valence-corrected chi connectivity index (χ1v) is 8.71. The zero-order valence-corrected chi connectivity index (χ0v) is 15.2. The van der Waals surface area contributed by atoms with Crippen molar-refractivity contribution < 1.29 is 9.59 Å². The number of halogens is 2. The molecule has 1 aromatic rings. The van der Waals surface area contributed by atoms with Crippen molar-refractivity contribution in [2.24, 2.45) is 16.7 Å². The molecule has 2 fully saturated rings. The largest absolute Gasteiger partial charge is 0.274 e. The van der Waals surface area contributed by atoms with Crippen molar-refractivity contribution in [2.75, 3.05) is 4.90 Å². The average molecular weight is 354 g/mol. The molecule has 0 N–H and O–H groups in total. The second-order valence-corrected chi connectivity index (χ2v) is 8.85. The molecular weight excluding hydrogens is 333 g/mol. The van der Waals surface area contributed by atoms with Crippen LogP contribution in [0.1, 0.15) is 46.5 Å². The van der Waals surface area contributed by atoms with Gasteiger partial charge < -0.3 is 0 Å². The van der Waals surface area contributed by atoms with E-state index < -0.39 is 5.41 Å². The Hall–Kier alpha value is -1.06. The van der Waals surface area contributed by atoms with Crippen molar-refractivity contribution >= 4 is 40.7 Å². The van der Waals surface area contributed by atoms with E-state index >= 15 is 0 Å². The summed E-state index contributed by atoms with van der Waals surface area (Å²) >= 11 is 12.1. The van der Waals surface area contributed by atoms with E-state index in [9.17, 15) is 9.59 Å². The quantitative estimate of drug-likeness (QED) is 0.659. The molecular formula is C18H21Cl2NO2. The van der Waals surface area contributed by atoms with Crippen LogP contribution >= 0.6 is 23.2 Å². The van der Waals surface area contributed by atoms with Crippen molar-refractivity contribution in [3.05, 3.63) is 28.2 Å². The molecule has 1 aliphatic carbocycles. The molecule has 1 aliphatic heterocycles. The first kappa shape index (κ1) is 16.8. The Labute approximate surface area is 146 Å². The third kappa shape index (κ3) is 3.01. The van der Waals surface area contributed by atoms with Crippen LogP contribution in [0.4, 0.5) is 5.69 Å². The van der Waals surface area contributed by atoms with Gasteiger partial charge >= 0.3 is 0 Å². The van der Waals surface area contributed by atoms with Crippen molar-refractivity contribution in [1.82, 2.24) is 0 Å². The third-order valence-electron chi connectivity index (χ3n) is 4.96. The summed E-state index contributed by atoms with van der Waals surface area (Å²) in [6.45, 7) is 6.53. The van der Waals surface area contributed by atoms with E-state index in [0.717, 1.165) is 19.3 Å². The molecule has 0 unspecified atom stereocenters. The number of carbonyl (C=O) groups is 2. The van der Waals surface area contributed by atoms with Crippen LogP contribution in [0.2, 0.25) is 10.0 Å². The minimum Gasteiger partial charge on any atom is -0.274 e. The molecule has 0 radical (unpaired) electrons. The summed E-state index contributed by atoms with van der Waals surface area (Å²) < 4.78 is 0. The lowest BCUT2D eigenvalue weighted by Crippen LogP contribution is -2.43. The molecule has 1 aromatic carbocycles. The van der Waals surface area contributed by atoms with Crippen LogP contribution in [0.5, 0.6) is 0 Å². The zero-order chi connectivity index (χ0) is 17.0. The highest BCUT2D eigenvalue weighted by molar-refractivity contribution is 6.35. The highest BCUT2D eigenvalue weighted by Crippen LogP contribution is 2.54. The summed E-state index contributed by atoms with van der Waals surface area (Å²) in [7, 11) is 0. The van der Waals surface area contributed by atoms with Crippen LogP contribution in [0.25, 0.3) is 0 Å². The fourth-order valence-electron chi connectivity index (χ4n) is 4.76. The zero-order valence-electron chi connectivity index (χ0n) is 13.7. The number of hydrogen-bond donors (Lipinski definition) is 0. The monoisotopic (exact) mass is 353 g/mol. The Morgan fingerprint density at radius 1 is 1.09 bits per heavy atom. The second-order valence-electron chi connectivity index (χ2n) is 7.97. The Morgan fingerprint density at radius 2 is 1.70 bits per heavy atom. The second kappa shape index (κ2) is 5.49. The van der Waals surface area contributed by atoms with Gasteiger partial charge in [0.25, 0.3) is 0 Å². The molecule has 5 heteroatoms. The highest BCUT2D eigenvalue weighted by atomic mass is 35.5. The molecule has 2 aliphatic rings. The van der Waals surface area contributed by atoms with E-state index in [1.807, 2.05) is 0 Å². The summed E-state index contributed by atoms with van der Waals surface area (Å²) in [6, 6.07) is 4.85. The molecule has 124 valence electrons. The predicted molar refractivity (Wildman–Crippen MR) is 92.8 cm³/mol. The smallest absolute Gasteiger partial charge is 0.240 e. The first-order valence-electron chi connectivity index (χ1n) is 7.95. The number of benzene rings is 1. The lowest BCUT2D eigenvalue weighted by molar-refractivity contribution is -0.130. The van der Waals surface area contributed by atoms with Gasteiger partial charge in [-0.15, -0.1) is 0 Å². The molecule has 1 heterocycles.